The SMILES string of the molecule is Cn1c(=O)oc2ccc(CNC(=O)c3cc(C(=O)N[C@H]4CCc5cc(-c6nn[nH]n6)ccc54)nc4nnnn34)cc21. The molecule has 0 spiro atoms. The van der Waals surface area contributed by atoms with Gasteiger partial charge in [0.2, 0.25) is 5.82 Å². The highest BCUT2D eigenvalue weighted by Gasteiger charge is 2.27. The molecule has 2 amide bonds. The number of aromatic amines is 1. The molecule has 4 aromatic heterocycles. The largest absolute Gasteiger partial charge is 0.419 e. The van der Waals surface area contributed by atoms with Gasteiger partial charge < -0.3 is 15.1 Å². The van der Waals surface area contributed by atoms with Crippen LogP contribution in [0.2, 0.25) is 0 Å². The fourth-order valence-corrected chi connectivity index (χ4v) is 4.99. The molecule has 0 saturated heterocycles. The van der Waals surface area contributed by atoms with E-state index in [1.54, 1.807) is 25.2 Å². The first kappa shape index (κ1) is 24.3. The molecule has 0 radical (unpaired) electrons. The number of fused-ring (bicyclic) bond motifs is 3. The molecule has 0 fully saturated rings. The van der Waals surface area contributed by atoms with Crippen LogP contribution in [0.15, 0.2) is 51.7 Å². The van der Waals surface area contributed by atoms with Gasteiger partial charge in [0.15, 0.2) is 5.58 Å². The van der Waals surface area contributed by atoms with Crippen LogP contribution in [0.5, 0.6) is 0 Å². The lowest BCUT2D eigenvalue weighted by Gasteiger charge is -2.14. The number of hydrogen-bond acceptors (Lipinski definition) is 11. The van der Waals surface area contributed by atoms with Gasteiger partial charge in [-0.1, -0.05) is 23.3 Å². The van der Waals surface area contributed by atoms with Crippen LogP contribution >= 0.6 is 0 Å². The Hall–Kier alpha value is -5.80. The molecule has 1 aliphatic carbocycles. The number of H-pyrrole nitrogens is 1. The summed E-state index contributed by atoms with van der Waals surface area (Å²) in [5.41, 5.74) is 4.74. The highest BCUT2D eigenvalue weighted by atomic mass is 16.4. The minimum Gasteiger partial charge on any atom is -0.408 e. The summed E-state index contributed by atoms with van der Waals surface area (Å²) in [6.07, 6.45) is 1.46. The Kier molecular flexibility index (Phi) is 5.58. The summed E-state index contributed by atoms with van der Waals surface area (Å²) in [5.74, 6) is -0.942. The minimum absolute atomic E-state index is 0.00383. The zero-order chi connectivity index (χ0) is 28.1. The van der Waals surface area contributed by atoms with Crippen molar-refractivity contribution in [3.63, 3.8) is 0 Å². The van der Waals surface area contributed by atoms with Crippen molar-refractivity contribution < 1.29 is 14.0 Å². The fourth-order valence-electron chi connectivity index (χ4n) is 4.99. The van der Waals surface area contributed by atoms with Gasteiger partial charge in [0.1, 0.15) is 11.4 Å². The van der Waals surface area contributed by atoms with Crippen molar-refractivity contribution in [2.75, 3.05) is 0 Å². The summed E-state index contributed by atoms with van der Waals surface area (Å²) >= 11 is 0. The second kappa shape index (κ2) is 9.44. The number of rotatable bonds is 6. The van der Waals surface area contributed by atoms with E-state index in [4.69, 9.17) is 4.42 Å². The Morgan fingerprint density at radius 2 is 2.02 bits per heavy atom. The number of aryl methyl sites for hydroxylation is 2. The maximum absolute atomic E-state index is 13.3. The summed E-state index contributed by atoms with van der Waals surface area (Å²) in [7, 11) is 1.60. The number of nitrogens with one attached hydrogen (secondary N) is 3. The van der Waals surface area contributed by atoms with Crippen LogP contribution in [0.1, 0.15) is 50.1 Å². The Balaban J connectivity index is 1.10. The van der Waals surface area contributed by atoms with Gasteiger partial charge in [0, 0.05) is 25.2 Å². The predicted molar refractivity (Wildman–Crippen MR) is 139 cm³/mol. The molecule has 6 aromatic rings. The zero-order valence-electron chi connectivity index (χ0n) is 21.4. The number of amides is 2. The van der Waals surface area contributed by atoms with Crippen molar-refractivity contribution in [1.29, 1.82) is 0 Å². The molecule has 41 heavy (non-hydrogen) atoms. The molecule has 1 atom stereocenters. The van der Waals surface area contributed by atoms with Gasteiger partial charge in [-0.15, -0.1) is 10.2 Å². The molecule has 1 aliphatic rings. The summed E-state index contributed by atoms with van der Waals surface area (Å²) < 4.78 is 7.70. The van der Waals surface area contributed by atoms with Crippen LogP contribution < -0.4 is 16.4 Å². The lowest BCUT2D eigenvalue weighted by atomic mass is 10.0. The molecule has 3 N–H and O–H groups in total. The van der Waals surface area contributed by atoms with Crippen LogP contribution in [0.4, 0.5) is 0 Å². The van der Waals surface area contributed by atoms with Crippen LogP contribution in [0.25, 0.3) is 28.3 Å². The van der Waals surface area contributed by atoms with Crippen molar-refractivity contribution >= 4 is 28.7 Å². The van der Waals surface area contributed by atoms with Crippen LogP contribution in [-0.4, -0.2) is 62.0 Å². The Labute approximate surface area is 228 Å². The van der Waals surface area contributed by atoms with Crippen molar-refractivity contribution in [2.45, 2.75) is 25.4 Å². The van der Waals surface area contributed by atoms with E-state index in [2.05, 4.69) is 51.8 Å². The molecule has 0 unspecified atom stereocenters. The number of carbonyl (C=O) groups is 2. The highest BCUT2D eigenvalue weighted by Crippen LogP contribution is 2.33. The summed E-state index contributed by atoms with van der Waals surface area (Å²) in [4.78, 5) is 42.5. The monoisotopic (exact) mass is 552 g/mol. The predicted octanol–water partition coefficient (Wildman–Crippen LogP) is 0.492. The number of aromatic nitrogens is 10. The molecule has 4 heterocycles. The normalized spacial score (nSPS) is 14.4. The van der Waals surface area contributed by atoms with Gasteiger partial charge in [-0.05, 0) is 63.4 Å². The van der Waals surface area contributed by atoms with Crippen molar-refractivity contribution in [2.24, 2.45) is 7.05 Å². The second-order valence-corrected chi connectivity index (χ2v) is 9.54. The Morgan fingerprint density at radius 1 is 1.12 bits per heavy atom. The summed E-state index contributed by atoms with van der Waals surface area (Å²) in [6, 6.07) is 12.1. The highest BCUT2D eigenvalue weighted by molar-refractivity contribution is 5.98. The first-order chi connectivity index (χ1) is 19.9. The fraction of sp³-hybridized carbons (Fsp3) is 0.200. The smallest absolute Gasteiger partial charge is 0.408 e. The third kappa shape index (κ3) is 4.26. The van der Waals surface area contributed by atoms with Gasteiger partial charge in [-0.2, -0.15) is 9.73 Å². The minimum atomic E-state index is -0.514. The van der Waals surface area contributed by atoms with E-state index >= 15 is 0 Å². The van der Waals surface area contributed by atoms with Crippen molar-refractivity contribution in [1.82, 2.24) is 60.8 Å². The van der Waals surface area contributed by atoms with Crippen LogP contribution in [0, 0.1) is 0 Å². The lowest BCUT2D eigenvalue weighted by Crippen LogP contribution is -2.30. The molecule has 2 aromatic carbocycles. The molecule has 16 heteroatoms. The molecule has 0 bridgehead atoms. The average molecular weight is 553 g/mol. The van der Waals surface area contributed by atoms with E-state index < -0.39 is 17.6 Å². The van der Waals surface area contributed by atoms with E-state index in [9.17, 15) is 14.4 Å². The van der Waals surface area contributed by atoms with Crippen LogP contribution in [0.3, 0.4) is 0 Å². The van der Waals surface area contributed by atoms with Crippen LogP contribution in [-0.2, 0) is 20.0 Å². The van der Waals surface area contributed by atoms with Crippen molar-refractivity contribution in [3.05, 3.63) is 81.1 Å². The number of benzene rings is 2. The van der Waals surface area contributed by atoms with E-state index in [0.29, 0.717) is 23.3 Å². The third-order valence-corrected chi connectivity index (χ3v) is 7.08. The number of carbonyl (C=O) groups excluding carboxylic acids is 2. The molecule has 16 nitrogen and oxygen atoms in total. The van der Waals surface area contributed by atoms with Crippen molar-refractivity contribution in [3.8, 4) is 11.4 Å². The number of nitrogens with zero attached hydrogens (tertiary/aromatic N) is 9. The number of tetrazole rings is 2. The molecular weight excluding hydrogens is 532 g/mol. The van der Waals surface area contributed by atoms with Gasteiger partial charge >= 0.3 is 5.76 Å². The maximum atomic E-state index is 13.3. The lowest BCUT2D eigenvalue weighted by molar-refractivity contribution is 0.0931. The van der Waals surface area contributed by atoms with Gasteiger partial charge in [-0.25, -0.2) is 9.78 Å². The second-order valence-electron chi connectivity index (χ2n) is 9.54. The molecule has 0 saturated carbocycles. The van der Waals surface area contributed by atoms with E-state index in [1.165, 1.54) is 15.1 Å². The zero-order valence-corrected chi connectivity index (χ0v) is 21.4. The summed E-state index contributed by atoms with van der Waals surface area (Å²) in [6.45, 7) is 0.145. The summed E-state index contributed by atoms with van der Waals surface area (Å²) in [5, 5.41) is 31.2. The first-order valence-electron chi connectivity index (χ1n) is 12.6. The van der Waals surface area contributed by atoms with E-state index in [0.717, 1.165) is 28.7 Å². The Morgan fingerprint density at radius 3 is 2.88 bits per heavy atom. The van der Waals surface area contributed by atoms with Gasteiger partial charge in [0.05, 0.1) is 11.6 Å². The molecule has 204 valence electrons. The number of oxazole rings is 1. The quantitative estimate of drug-likeness (QED) is 0.259. The first-order valence-corrected chi connectivity index (χ1v) is 12.6. The number of hydrogen-bond donors (Lipinski definition) is 3. The van der Waals surface area contributed by atoms with Gasteiger partial charge in [0.25, 0.3) is 17.6 Å². The average Bonchev–Trinajstić information content (AvgIpc) is 3.79. The third-order valence-electron chi connectivity index (χ3n) is 7.08. The standard InChI is InChI=1S/C25H20N12O4/c1-36-18-8-12(2-7-20(18)41-25(36)40)11-26-23(39)19-10-17(28-24-31-34-35-37(19)24)22(38)27-16-6-4-13-9-14(3-5-15(13)16)21-29-32-33-30-21/h2-3,5,7-10,16H,4,6,11H2,1H3,(H,26,39)(H,27,38)(H,29,30,32,33)/t16-/m0/s1. The molecule has 0 aliphatic heterocycles. The van der Waals surface area contributed by atoms with E-state index in [1.807, 2.05) is 18.2 Å². The molecular formula is C25H20N12O4. The molecule has 7 rings (SSSR count). The topological polar surface area (TPSA) is 204 Å². The maximum Gasteiger partial charge on any atom is 0.419 e. The Bertz CT molecular complexity index is 2020. The van der Waals surface area contributed by atoms with Gasteiger partial charge in [-0.3, -0.25) is 14.2 Å². The van der Waals surface area contributed by atoms with E-state index in [-0.39, 0.29) is 29.8 Å².